The van der Waals surface area contributed by atoms with Crippen LogP contribution in [0.1, 0.15) is 64.3 Å². The standard InChI is InChI=1S/C20H28N2OS/c1-13(2)11-15-7-9-16(10-8-15)14(3)18(23)22-19-21-17(12-24-19)20(4,5)6/h7-10,12-14H,11H2,1-6H3,(H,21,22,23). The molecule has 0 saturated heterocycles. The summed E-state index contributed by atoms with van der Waals surface area (Å²) < 4.78 is 0. The molecule has 1 atom stereocenters. The molecule has 1 N–H and O–H groups in total. The van der Waals surface area contributed by atoms with Crippen molar-refractivity contribution >= 4 is 22.4 Å². The minimum Gasteiger partial charge on any atom is -0.301 e. The summed E-state index contributed by atoms with van der Waals surface area (Å²) in [4.78, 5) is 17.0. The number of nitrogens with one attached hydrogen (secondary N) is 1. The van der Waals surface area contributed by atoms with E-state index in [1.165, 1.54) is 16.9 Å². The highest BCUT2D eigenvalue weighted by Crippen LogP contribution is 2.27. The molecule has 1 aromatic carbocycles. The topological polar surface area (TPSA) is 42.0 Å². The Hall–Kier alpha value is -1.68. The van der Waals surface area contributed by atoms with E-state index in [-0.39, 0.29) is 17.2 Å². The Morgan fingerprint density at radius 2 is 1.79 bits per heavy atom. The van der Waals surface area contributed by atoms with Crippen molar-refractivity contribution in [3.05, 3.63) is 46.5 Å². The monoisotopic (exact) mass is 344 g/mol. The first kappa shape index (κ1) is 18.7. The molecule has 0 aliphatic rings. The van der Waals surface area contributed by atoms with Crippen molar-refractivity contribution in [2.45, 2.75) is 59.3 Å². The molecular weight excluding hydrogens is 316 g/mol. The predicted molar refractivity (Wildman–Crippen MR) is 103 cm³/mol. The Morgan fingerprint density at radius 3 is 2.29 bits per heavy atom. The fourth-order valence-corrected chi connectivity index (χ4v) is 3.39. The highest BCUT2D eigenvalue weighted by molar-refractivity contribution is 7.14. The molecule has 0 bridgehead atoms. The van der Waals surface area contributed by atoms with E-state index in [2.05, 4.69) is 69.2 Å². The Kier molecular flexibility index (Phi) is 5.81. The van der Waals surface area contributed by atoms with Gasteiger partial charge in [0.15, 0.2) is 5.13 Å². The largest absolute Gasteiger partial charge is 0.301 e. The number of rotatable bonds is 5. The van der Waals surface area contributed by atoms with E-state index >= 15 is 0 Å². The summed E-state index contributed by atoms with van der Waals surface area (Å²) in [6, 6.07) is 8.37. The molecule has 0 aliphatic carbocycles. The number of carbonyl (C=O) groups is 1. The quantitative estimate of drug-likeness (QED) is 0.791. The van der Waals surface area contributed by atoms with Crippen LogP contribution in [0.25, 0.3) is 0 Å². The van der Waals surface area contributed by atoms with Gasteiger partial charge >= 0.3 is 0 Å². The lowest BCUT2D eigenvalue weighted by Crippen LogP contribution is -2.19. The number of benzene rings is 1. The van der Waals surface area contributed by atoms with E-state index in [0.29, 0.717) is 11.0 Å². The predicted octanol–water partition coefficient (Wildman–Crippen LogP) is 5.38. The normalized spacial score (nSPS) is 13.1. The first-order chi connectivity index (χ1) is 11.2. The molecule has 1 heterocycles. The third-order valence-electron chi connectivity index (χ3n) is 4.02. The molecule has 0 saturated carbocycles. The van der Waals surface area contributed by atoms with E-state index in [1.54, 1.807) is 0 Å². The van der Waals surface area contributed by atoms with Gasteiger partial charge in [0, 0.05) is 10.8 Å². The van der Waals surface area contributed by atoms with Crippen LogP contribution < -0.4 is 5.32 Å². The van der Waals surface area contributed by atoms with Crippen LogP contribution in [0.4, 0.5) is 5.13 Å². The number of anilines is 1. The molecular formula is C20H28N2OS. The number of aromatic nitrogens is 1. The Labute approximate surface area is 149 Å². The Morgan fingerprint density at radius 1 is 1.17 bits per heavy atom. The molecule has 3 nitrogen and oxygen atoms in total. The van der Waals surface area contributed by atoms with Crippen molar-refractivity contribution in [3.63, 3.8) is 0 Å². The summed E-state index contributed by atoms with van der Waals surface area (Å²) >= 11 is 1.48. The lowest BCUT2D eigenvalue weighted by molar-refractivity contribution is -0.117. The van der Waals surface area contributed by atoms with Gasteiger partial charge in [0.1, 0.15) is 0 Å². The Bertz CT molecular complexity index is 680. The molecule has 4 heteroatoms. The lowest BCUT2D eigenvalue weighted by Gasteiger charge is -2.14. The second-order valence-corrected chi connectivity index (χ2v) is 8.70. The zero-order chi connectivity index (χ0) is 17.9. The average Bonchev–Trinajstić information content (AvgIpc) is 2.95. The highest BCUT2D eigenvalue weighted by Gasteiger charge is 2.20. The number of amides is 1. The van der Waals surface area contributed by atoms with Crippen molar-refractivity contribution in [3.8, 4) is 0 Å². The van der Waals surface area contributed by atoms with Crippen molar-refractivity contribution in [2.24, 2.45) is 5.92 Å². The van der Waals surface area contributed by atoms with Crippen LogP contribution in [-0.4, -0.2) is 10.9 Å². The van der Waals surface area contributed by atoms with E-state index in [0.717, 1.165) is 17.7 Å². The third kappa shape index (κ3) is 4.91. The van der Waals surface area contributed by atoms with Crippen LogP contribution in [0.3, 0.4) is 0 Å². The summed E-state index contributed by atoms with van der Waals surface area (Å²) in [6.45, 7) is 12.7. The van der Waals surface area contributed by atoms with Gasteiger partial charge in [-0.25, -0.2) is 4.98 Å². The minimum atomic E-state index is -0.194. The van der Waals surface area contributed by atoms with E-state index in [9.17, 15) is 4.79 Å². The van der Waals surface area contributed by atoms with Crippen LogP contribution in [-0.2, 0) is 16.6 Å². The lowest BCUT2D eigenvalue weighted by atomic mass is 9.93. The van der Waals surface area contributed by atoms with Crippen LogP contribution in [0.5, 0.6) is 0 Å². The van der Waals surface area contributed by atoms with Gasteiger partial charge in [0.25, 0.3) is 0 Å². The molecule has 0 spiro atoms. The van der Waals surface area contributed by atoms with Crippen LogP contribution in [0.15, 0.2) is 29.6 Å². The molecule has 130 valence electrons. The highest BCUT2D eigenvalue weighted by atomic mass is 32.1. The minimum absolute atomic E-state index is 0.00264. The summed E-state index contributed by atoms with van der Waals surface area (Å²) in [5.41, 5.74) is 3.36. The molecule has 1 unspecified atom stereocenters. The van der Waals surface area contributed by atoms with Gasteiger partial charge in [-0.3, -0.25) is 4.79 Å². The van der Waals surface area contributed by atoms with E-state index in [1.807, 2.05) is 12.3 Å². The summed E-state index contributed by atoms with van der Waals surface area (Å²) in [7, 11) is 0. The van der Waals surface area contributed by atoms with Gasteiger partial charge in [-0.05, 0) is 30.4 Å². The van der Waals surface area contributed by atoms with Gasteiger partial charge < -0.3 is 5.32 Å². The van der Waals surface area contributed by atoms with Gasteiger partial charge in [-0.1, -0.05) is 58.9 Å². The van der Waals surface area contributed by atoms with Crippen molar-refractivity contribution in [1.29, 1.82) is 0 Å². The average molecular weight is 345 g/mol. The maximum absolute atomic E-state index is 12.5. The van der Waals surface area contributed by atoms with Crippen molar-refractivity contribution in [2.75, 3.05) is 5.32 Å². The van der Waals surface area contributed by atoms with Crippen molar-refractivity contribution in [1.82, 2.24) is 4.98 Å². The first-order valence-electron chi connectivity index (χ1n) is 8.52. The number of hydrogen-bond acceptors (Lipinski definition) is 3. The molecule has 2 rings (SSSR count). The zero-order valence-electron chi connectivity index (χ0n) is 15.5. The van der Waals surface area contributed by atoms with Gasteiger partial charge in [-0.2, -0.15) is 0 Å². The molecule has 1 amide bonds. The zero-order valence-corrected chi connectivity index (χ0v) is 16.3. The fraction of sp³-hybridized carbons (Fsp3) is 0.500. The second-order valence-electron chi connectivity index (χ2n) is 7.84. The van der Waals surface area contributed by atoms with Gasteiger partial charge in [0.05, 0.1) is 11.6 Å². The summed E-state index contributed by atoms with van der Waals surface area (Å²) in [5.74, 6) is 0.431. The van der Waals surface area contributed by atoms with E-state index in [4.69, 9.17) is 0 Å². The van der Waals surface area contributed by atoms with E-state index < -0.39 is 0 Å². The maximum Gasteiger partial charge on any atom is 0.233 e. The molecule has 0 radical (unpaired) electrons. The third-order valence-corrected chi connectivity index (χ3v) is 4.78. The van der Waals surface area contributed by atoms with Crippen LogP contribution >= 0.6 is 11.3 Å². The SMILES string of the molecule is CC(C)Cc1ccc(C(C)C(=O)Nc2nc(C(C)(C)C)cs2)cc1. The Balaban J connectivity index is 2.02. The second kappa shape index (κ2) is 7.47. The molecule has 24 heavy (non-hydrogen) atoms. The number of hydrogen-bond donors (Lipinski definition) is 1. The molecule has 0 aliphatic heterocycles. The summed E-state index contributed by atoms with van der Waals surface area (Å²) in [6.07, 6.45) is 1.07. The van der Waals surface area contributed by atoms with Gasteiger partial charge in [-0.15, -0.1) is 11.3 Å². The molecule has 0 fully saturated rings. The first-order valence-corrected chi connectivity index (χ1v) is 9.40. The fourth-order valence-electron chi connectivity index (χ4n) is 2.45. The molecule has 2 aromatic rings. The number of nitrogens with zero attached hydrogens (tertiary/aromatic N) is 1. The maximum atomic E-state index is 12.5. The number of thiazole rings is 1. The van der Waals surface area contributed by atoms with Gasteiger partial charge in [0.2, 0.25) is 5.91 Å². The molecule has 1 aromatic heterocycles. The smallest absolute Gasteiger partial charge is 0.233 e. The van der Waals surface area contributed by atoms with Crippen molar-refractivity contribution < 1.29 is 4.79 Å². The van der Waals surface area contributed by atoms with Crippen LogP contribution in [0, 0.1) is 5.92 Å². The van der Waals surface area contributed by atoms with Crippen LogP contribution in [0.2, 0.25) is 0 Å². The summed E-state index contributed by atoms with van der Waals surface area (Å²) in [5, 5.41) is 5.64. The number of carbonyl (C=O) groups excluding carboxylic acids is 1.